The van der Waals surface area contributed by atoms with Gasteiger partial charge in [-0.25, -0.2) is 0 Å². The number of rotatable bonds is 14. The molecule has 0 radical (unpaired) electrons. The van der Waals surface area contributed by atoms with Crippen LogP contribution in [0.5, 0.6) is 5.75 Å². The third kappa shape index (κ3) is 9.72. The zero-order valence-electron chi connectivity index (χ0n) is 16.7. The van der Waals surface area contributed by atoms with Crippen molar-refractivity contribution < 1.29 is 19.0 Å². The van der Waals surface area contributed by atoms with E-state index < -0.39 is 5.25 Å². The molecule has 27 heavy (non-hydrogen) atoms. The molecule has 0 N–H and O–H groups in total. The highest BCUT2D eigenvalue weighted by molar-refractivity contribution is 7.81. The zero-order valence-corrected chi connectivity index (χ0v) is 18.4. The van der Waals surface area contributed by atoms with E-state index >= 15 is 0 Å². The van der Waals surface area contributed by atoms with Crippen LogP contribution in [0.4, 0.5) is 0 Å². The van der Waals surface area contributed by atoms with Gasteiger partial charge in [0.05, 0.1) is 18.2 Å². The van der Waals surface area contributed by atoms with Gasteiger partial charge >= 0.3 is 5.97 Å². The maximum absolute atomic E-state index is 12.3. The molecule has 6 heteroatoms. The van der Waals surface area contributed by atoms with Gasteiger partial charge in [-0.15, -0.1) is 0 Å². The van der Waals surface area contributed by atoms with Gasteiger partial charge in [0, 0.05) is 20.1 Å². The molecule has 0 heterocycles. The molecule has 1 rings (SSSR count). The minimum atomic E-state index is -0.504. The van der Waals surface area contributed by atoms with E-state index in [0.717, 1.165) is 37.7 Å². The molecule has 1 aromatic rings. The smallest absolute Gasteiger partial charge is 0.319 e. The van der Waals surface area contributed by atoms with Crippen LogP contribution in [-0.4, -0.2) is 38.1 Å². The van der Waals surface area contributed by atoms with Crippen LogP contribution >= 0.6 is 24.2 Å². The number of unbranched alkanes of at least 4 members (excludes halogenated alkanes) is 1. The summed E-state index contributed by atoms with van der Waals surface area (Å²) in [7, 11) is 1.66. The second-order valence-electron chi connectivity index (χ2n) is 6.73. The average molecular weight is 417 g/mol. The fourth-order valence-electron chi connectivity index (χ4n) is 2.67. The Morgan fingerprint density at radius 1 is 1.22 bits per heavy atom. The quantitative estimate of drug-likeness (QED) is 0.252. The summed E-state index contributed by atoms with van der Waals surface area (Å²) in [6.45, 7) is 5.94. The predicted octanol–water partition coefficient (Wildman–Crippen LogP) is 5.36. The van der Waals surface area contributed by atoms with E-state index in [-0.39, 0.29) is 5.97 Å². The lowest BCUT2D eigenvalue weighted by Gasteiger charge is -2.17. The van der Waals surface area contributed by atoms with E-state index in [9.17, 15) is 4.79 Å². The summed E-state index contributed by atoms with van der Waals surface area (Å²) in [6.07, 6.45) is 5.70. The molecule has 0 amide bonds. The van der Waals surface area contributed by atoms with Crippen molar-refractivity contribution >= 4 is 30.2 Å². The molecule has 0 aromatic heterocycles. The van der Waals surface area contributed by atoms with Crippen LogP contribution in [-0.2, 0) is 20.7 Å². The monoisotopic (exact) mass is 416 g/mol. The third-order valence-electron chi connectivity index (χ3n) is 4.45. The summed E-state index contributed by atoms with van der Waals surface area (Å²) in [4.78, 5) is 12.3. The number of hydrogen-bond acceptors (Lipinski definition) is 5. The summed E-state index contributed by atoms with van der Waals surface area (Å²) < 4.78 is 16.2. The van der Waals surface area contributed by atoms with E-state index in [1.807, 2.05) is 12.1 Å². The van der Waals surface area contributed by atoms with E-state index in [4.69, 9.17) is 25.8 Å². The van der Waals surface area contributed by atoms with Gasteiger partial charge in [-0.3, -0.25) is 4.79 Å². The van der Waals surface area contributed by atoms with Crippen molar-refractivity contribution in [1.29, 1.82) is 0 Å². The molecule has 0 fully saturated rings. The molecule has 0 saturated heterocycles. The van der Waals surface area contributed by atoms with Gasteiger partial charge in [0.1, 0.15) is 11.0 Å². The first-order chi connectivity index (χ1) is 13.0. The van der Waals surface area contributed by atoms with E-state index in [1.54, 1.807) is 13.2 Å². The molecule has 0 aliphatic heterocycles. The van der Waals surface area contributed by atoms with Gasteiger partial charge in [-0.2, -0.15) is 12.6 Å². The number of ether oxygens (including phenoxy) is 3. The normalized spacial score (nSPS) is 13.2. The molecule has 0 aliphatic rings. The number of benzene rings is 1. The van der Waals surface area contributed by atoms with Crippen molar-refractivity contribution in [3.8, 4) is 5.75 Å². The van der Waals surface area contributed by atoms with Crippen LogP contribution in [0.25, 0.3) is 0 Å². The zero-order chi connectivity index (χ0) is 20.1. The summed E-state index contributed by atoms with van der Waals surface area (Å²) in [6, 6.07) is 5.53. The highest BCUT2D eigenvalue weighted by Gasteiger charge is 2.18. The van der Waals surface area contributed by atoms with Gasteiger partial charge in [0.25, 0.3) is 0 Å². The second-order valence-corrected chi connectivity index (χ2v) is 7.76. The third-order valence-corrected chi connectivity index (χ3v) is 5.16. The standard InChI is InChI=1S/C21H33ClO4S/c1-4-6-8-16(5-2)15-26-21(23)20(27)14-17-9-10-18(22)19(13-17)25-12-7-11-24-3/h9-10,13,16,20,27H,4-8,11-12,14-15H2,1-3H3. The average Bonchev–Trinajstić information content (AvgIpc) is 2.67. The molecular weight excluding hydrogens is 384 g/mol. The van der Waals surface area contributed by atoms with Crippen molar-refractivity contribution in [2.45, 2.75) is 57.6 Å². The van der Waals surface area contributed by atoms with E-state index in [1.165, 1.54) is 0 Å². The number of hydrogen-bond donors (Lipinski definition) is 1. The first-order valence-electron chi connectivity index (χ1n) is 9.76. The first kappa shape index (κ1) is 24.1. The van der Waals surface area contributed by atoms with Crippen LogP contribution in [0.3, 0.4) is 0 Å². The SMILES string of the molecule is CCCCC(CC)COC(=O)C(S)Cc1ccc(Cl)c(OCCCOC)c1. The van der Waals surface area contributed by atoms with Crippen LogP contribution < -0.4 is 4.74 Å². The molecule has 0 spiro atoms. The Labute approximate surface area is 174 Å². The van der Waals surface area contributed by atoms with Crippen LogP contribution in [0.2, 0.25) is 5.02 Å². The Bertz CT molecular complexity index is 553. The van der Waals surface area contributed by atoms with E-state index in [2.05, 4.69) is 26.5 Å². The summed E-state index contributed by atoms with van der Waals surface area (Å²) in [5.41, 5.74) is 0.941. The molecule has 154 valence electrons. The molecular formula is C21H33ClO4S. The molecule has 1 aromatic carbocycles. The minimum Gasteiger partial charge on any atom is -0.492 e. The molecule has 4 nitrogen and oxygen atoms in total. The van der Waals surface area contributed by atoms with Crippen molar-refractivity contribution in [2.75, 3.05) is 26.9 Å². The largest absolute Gasteiger partial charge is 0.492 e. The fraction of sp³-hybridized carbons (Fsp3) is 0.667. The van der Waals surface area contributed by atoms with Crippen molar-refractivity contribution in [1.82, 2.24) is 0 Å². The Balaban J connectivity index is 2.52. The van der Waals surface area contributed by atoms with Gasteiger partial charge in [-0.05, 0) is 36.5 Å². The number of halogens is 1. The molecule has 0 saturated carbocycles. The Morgan fingerprint density at radius 2 is 2.00 bits per heavy atom. The number of esters is 1. The highest BCUT2D eigenvalue weighted by Crippen LogP contribution is 2.27. The lowest BCUT2D eigenvalue weighted by Crippen LogP contribution is -2.23. The summed E-state index contributed by atoms with van der Waals surface area (Å²) >= 11 is 10.6. The summed E-state index contributed by atoms with van der Waals surface area (Å²) in [5, 5.41) is 0.0485. The van der Waals surface area contributed by atoms with E-state index in [0.29, 0.717) is 42.9 Å². The Morgan fingerprint density at radius 3 is 2.67 bits per heavy atom. The van der Waals surface area contributed by atoms with Crippen molar-refractivity contribution in [3.63, 3.8) is 0 Å². The number of carbonyl (C=O) groups is 1. The van der Waals surface area contributed by atoms with Crippen LogP contribution in [0, 0.1) is 5.92 Å². The number of thiol groups is 1. The molecule has 0 aliphatic carbocycles. The lowest BCUT2D eigenvalue weighted by molar-refractivity contribution is -0.144. The second kappa shape index (κ2) is 14.1. The van der Waals surface area contributed by atoms with Gasteiger partial charge < -0.3 is 14.2 Å². The number of methoxy groups -OCH3 is 1. The molecule has 0 bridgehead atoms. The number of carbonyl (C=O) groups excluding carboxylic acids is 1. The fourth-order valence-corrected chi connectivity index (χ4v) is 3.13. The maximum atomic E-state index is 12.3. The van der Waals surface area contributed by atoms with Gasteiger partial charge in [0.15, 0.2) is 0 Å². The first-order valence-corrected chi connectivity index (χ1v) is 10.7. The summed E-state index contributed by atoms with van der Waals surface area (Å²) in [5.74, 6) is 0.771. The highest BCUT2D eigenvalue weighted by atomic mass is 35.5. The van der Waals surface area contributed by atoms with Crippen molar-refractivity contribution in [2.24, 2.45) is 5.92 Å². The minimum absolute atomic E-state index is 0.272. The van der Waals surface area contributed by atoms with Crippen LogP contribution in [0.1, 0.15) is 51.5 Å². The van der Waals surface area contributed by atoms with Gasteiger partial charge in [-0.1, -0.05) is 50.8 Å². The predicted molar refractivity (Wildman–Crippen MR) is 114 cm³/mol. The molecule has 2 unspecified atom stereocenters. The maximum Gasteiger partial charge on any atom is 0.319 e. The van der Waals surface area contributed by atoms with Crippen LogP contribution in [0.15, 0.2) is 18.2 Å². The topological polar surface area (TPSA) is 44.8 Å². The lowest BCUT2D eigenvalue weighted by atomic mass is 10.0. The Hall–Kier alpha value is -0.910. The Kier molecular flexibility index (Phi) is 12.6. The molecule has 2 atom stereocenters. The van der Waals surface area contributed by atoms with Gasteiger partial charge in [0.2, 0.25) is 0 Å². The van der Waals surface area contributed by atoms with Crippen molar-refractivity contribution in [3.05, 3.63) is 28.8 Å².